The molecule has 2 aromatic carbocycles. The van der Waals surface area contributed by atoms with Crippen molar-refractivity contribution in [3.05, 3.63) is 63.1 Å². The predicted octanol–water partition coefficient (Wildman–Crippen LogP) is 4.93. The molecule has 0 fully saturated rings. The summed E-state index contributed by atoms with van der Waals surface area (Å²) in [5.41, 5.74) is 2.78. The molecule has 0 aliphatic rings. The second kappa shape index (κ2) is 6.49. The van der Waals surface area contributed by atoms with E-state index in [1.165, 1.54) is 0 Å². The fraction of sp³-hybridized carbons (Fsp3) is 0.250. The summed E-state index contributed by atoms with van der Waals surface area (Å²) in [5, 5.41) is 10.7. The molecule has 2 rings (SSSR count). The highest BCUT2D eigenvalue weighted by atomic mass is 35.5. The summed E-state index contributed by atoms with van der Waals surface area (Å²) in [7, 11) is 0. The van der Waals surface area contributed by atoms with E-state index in [1.54, 1.807) is 25.1 Å². The molecule has 0 aliphatic carbocycles. The molecule has 0 saturated carbocycles. The molecule has 0 radical (unpaired) electrons. The van der Waals surface area contributed by atoms with Gasteiger partial charge in [-0.1, -0.05) is 41.4 Å². The van der Waals surface area contributed by atoms with Crippen molar-refractivity contribution in [2.45, 2.75) is 26.6 Å². The van der Waals surface area contributed by atoms with E-state index in [9.17, 15) is 5.11 Å². The number of hydrogen-bond donors (Lipinski definition) is 1. The van der Waals surface area contributed by atoms with Crippen molar-refractivity contribution in [2.75, 3.05) is 0 Å². The Morgan fingerprint density at radius 2 is 1.85 bits per heavy atom. The van der Waals surface area contributed by atoms with E-state index in [0.29, 0.717) is 22.4 Å². The minimum Gasteiger partial charge on any atom is -0.487 e. The van der Waals surface area contributed by atoms with Crippen LogP contribution in [0, 0.1) is 6.92 Å². The molecule has 4 heteroatoms. The van der Waals surface area contributed by atoms with Gasteiger partial charge in [0.1, 0.15) is 12.4 Å². The van der Waals surface area contributed by atoms with Crippen molar-refractivity contribution >= 4 is 23.2 Å². The average Bonchev–Trinajstić information content (AvgIpc) is 2.38. The predicted molar refractivity (Wildman–Crippen MR) is 82.6 cm³/mol. The van der Waals surface area contributed by atoms with Crippen LogP contribution in [0.3, 0.4) is 0 Å². The van der Waals surface area contributed by atoms with Gasteiger partial charge >= 0.3 is 0 Å². The van der Waals surface area contributed by atoms with Gasteiger partial charge < -0.3 is 9.84 Å². The summed E-state index contributed by atoms with van der Waals surface area (Å²) < 4.78 is 5.68. The molecule has 0 amide bonds. The van der Waals surface area contributed by atoms with Crippen molar-refractivity contribution < 1.29 is 9.84 Å². The van der Waals surface area contributed by atoms with E-state index in [0.717, 1.165) is 16.7 Å². The van der Waals surface area contributed by atoms with Gasteiger partial charge in [-0.15, -0.1) is 0 Å². The summed E-state index contributed by atoms with van der Waals surface area (Å²) in [5.74, 6) is 0.577. The molecule has 1 atom stereocenters. The largest absolute Gasteiger partial charge is 0.487 e. The van der Waals surface area contributed by atoms with Gasteiger partial charge in [0.15, 0.2) is 0 Å². The summed E-state index contributed by atoms with van der Waals surface area (Å²) in [6.07, 6.45) is -0.548. The fourth-order valence-electron chi connectivity index (χ4n) is 1.82. The zero-order valence-electron chi connectivity index (χ0n) is 11.4. The summed E-state index contributed by atoms with van der Waals surface area (Å²) >= 11 is 12.3. The maximum absolute atomic E-state index is 9.49. The average molecular weight is 311 g/mol. The maximum Gasteiger partial charge on any atom is 0.138 e. The zero-order valence-corrected chi connectivity index (χ0v) is 12.9. The van der Waals surface area contributed by atoms with Crippen molar-refractivity contribution in [1.29, 1.82) is 0 Å². The van der Waals surface area contributed by atoms with Crippen LogP contribution in [0.1, 0.15) is 29.7 Å². The van der Waals surface area contributed by atoms with Gasteiger partial charge in [0, 0.05) is 10.6 Å². The third kappa shape index (κ3) is 3.66. The maximum atomic E-state index is 9.49. The molecule has 0 bridgehead atoms. The highest BCUT2D eigenvalue weighted by molar-refractivity contribution is 6.32. The summed E-state index contributed by atoms with van der Waals surface area (Å²) in [6.45, 7) is 4.04. The van der Waals surface area contributed by atoms with E-state index >= 15 is 0 Å². The number of hydrogen-bond acceptors (Lipinski definition) is 2. The lowest BCUT2D eigenvalue weighted by Crippen LogP contribution is -1.98. The van der Waals surface area contributed by atoms with Crippen molar-refractivity contribution in [1.82, 2.24) is 0 Å². The number of aliphatic hydroxyl groups is 1. The monoisotopic (exact) mass is 310 g/mol. The third-order valence-electron chi connectivity index (χ3n) is 3.03. The van der Waals surface area contributed by atoms with E-state index in [1.807, 2.05) is 25.1 Å². The van der Waals surface area contributed by atoms with Crippen LogP contribution in [0.25, 0.3) is 0 Å². The van der Waals surface area contributed by atoms with Gasteiger partial charge in [-0.25, -0.2) is 0 Å². The normalized spacial score (nSPS) is 12.2. The Morgan fingerprint density at radius 3 is 2.45 bits per heavy atom. The minimum atomic E-state index is -0.548. The zero-order chi connectivity index (χ0) is 14.7. The van der Waals surface area contributed by atoms with Crippen LogP contribution in [-0.2, 0) is 6.61 Å². The first kappa shape index (κ1) is 15.2. The fourth-order valence-corrected chi connectivity index (χ4v) is 2.35. The molecule has 0 saturated heterocycles. The topological polar surface area (TPSA) is 29.5 Å². The van der Waals surface area contributed by atoms with Gasteiger partial charge in [-0.3, -0.25) is 0 Å². The Bertz CT molecular complexity index is 609. The lowest BCUT2D eigenvalue weighted by molar-refractivity contribution is 0.199. The van der Waals surface area contributed by atoms with Crippen LogP contribution in [0.5, 0.6) is 5.75 Å². The number of aryl methyl sites for hydroxylation is 1. The molecule has 20 heavy (non-hydrogen) atoms. The number of benzene rings is 2. The first-order chi connectivity index (χ1) is 9.47. The Labute approximate surface area is 128 Å². The molecule has 106 valence electrons. The van der Waals surface area contributed by atoms with E-state index in [4.69, 9.17) is 27.9 Å². The Balaban J connectivity index is 2.11. The van der Waals surface area contributed by atoms with Crippen LogP contribution >= 0.6 is 23.2 Å². The Kier molecular flexibility index (Phi) is 4.92. The highest BCUT2D eigenvalue weighted by Gasteiger charge is 2.08. The van der Waals surface area contributed by atoms with Crippen LogP contribution in [0.15, 0.2) is 36.4 Å². The van der Waals surface area contributed by atoms with E-state index in [-0.39, 0.29) is 0 Å². The van der Waals surface area contributed by atoms with Gasteiger partial charge in [-0.05, 0) is 43.2 Å². The van der Waals surface area contributed by atoms with Crippen molar-refractivity contribution in [2.24, 2.45) is 0 Å². The summed E-state index contributed by atoms with van der Waals surface area (Å²) in [4.78, 5) is 0. The van der Waals surface area contributed by atoms with E-state index < -0.39 is 6.10 Å². The van der Waals surface area contributed by atoms with Crippen molar-refractivity contribution in [3.63, 3.8) is 0 Å². The van der Waals surface area contributed by atoms with Gasteiger partial charge in [-0.2, -0.15) is 0 Å². The van der Waals surface area contributed by atoms with Gasteiger partial charge in [0.2, 0.25) is 0 Å². The molecule has 0 aromatic heterocycles. The van der Waals surface area contributed by atoms with Gasteiger partial charge in [0.25, 0.3) is 0 Å². The van der Waals surface area contributed by atoms with Crippen LogP contribution in [0.2, 0.25) is 10.0 Å². The van der Waals surface area contributed by atoms with Gasteiger partial charge in [0.05, 0.1) is 11.1 Å². The van der Waals surface area contributed by atoms with Crippen LogP contribution in [0.4, 0.5) is 0 Å². The molecule has 2 aromatic rings. The number of aliphatic hydroxyl groups excluding tert-OH is 1. The minimum absolute atomic E-state index is 0.354. The SMILES string of the molecule is Cc1ccc(COc2ccc(C(C)O)cc2Cl)c(Cl)c1. The molecule has 1 N–H and O–H groups in total. The number of halogens is 2. The molecule has 0 spiro atoms. The molecular weight excluding hydrogens is 295 g/mol. The Morgan fingerprint density at radius 1 is 1.10 bits per heavy atom. The Hall–Kier alpha value is -1.22. The molecule has 2 nitrogen and oxygen atoms in total. The molecule has 1 unspecified atom stereocenters. The van der Waals surface area contributed by atoms with Crippen LogP contribution < -0.4 is 4.74 Å². The third-order valence-corrected chi connectivity index (χ3v) is 3.68. The standard InChI is InChI=1S/C16H16Cl2O2/c1-10-3-4-13(14(17)7-10)9-20-16-6-5-12(11(2)19)8-15(16)18/h3-8,11,19H,9H2,1-2H3. The number of ether oxygens (including phenoxy) is 1. The second-order valence-corrected chi connectivity index (χ2v) is 5.56. The quantitative estimate of drug-likeness (QED) is 0.867. The van der Waals surface area contributed by atoms with Crippen molar-refractivity contribution in [3.8, 4) is 5.75 Å². The molecular formula is C16H16Cl2O2. The lowest BCUT2D eigenvalue weighted by atomic mass is 10.1. The molecule has 0 heterocycles. The first-order valence-electron chi connectivity index (χ1n) is 6.32. The second-order valence-electron chi connectivity index (χ2n) is 4.75. The lowest BCUT2D eigenvalue weighted by Gasteiger charge is -2.12. The first-order valence-corrected chi connectivity index (χ1v) is 7.08. The summed E-state index contributed by atoms with van der Waals surface area (Å²) in [6, 6.07) is 11.1. The van der Waals surface area contributed by atoms with Crippen LogP contribution in [-0.4, -0.2) is 5.11 Å². The highest BCUT2D eigenvalue weighted by Crippen LogP contribution is 2.29. The number of rotatable bonds is 4. The molecule has 0 aliphatic heterocycles. The van der Waals surface area contributed by atoms with E-state index in [2.05, 4.69) is 0 Å². The smallest absolute Gasteiger partial charge is 0.138 e.